The number of rotatable bonds is 4. The minimum absolute atomic E-state index is 0.201. The van der Waals surface area contributed by atoms with Crippen molar-refractivity contribution in [2.24, 2.45) is 11.8 Å². The second-order valence-corrected chi connectivity index (χ2v) is 7.34. The van der Waals surface area contributed by atoms with Gasteiger partial charge in [-0.05, 0) is 56.9 Å². The van der Waals surface area contributed by atoms with Crippen molar-refractivity contribution in [3.05, 3.63) is 29.3 Å². The summed E-state index contributed by atoms with van der Waals surface area (Å²) >= 11 is 0. The van der Waals surface area contributed by atoms with Gasteiger partial charge in [0.25, 0.3) is 17.7 Å². The van der Waals surface area contributed by atoms with E-state index in [1.54, 1.807) is 13.0 Å². The molecule has 5 atom stereocenters. The molecule has 0 aliphatic carbocycles. The van der Waals surface area contributed by atoms with Gasteiger partial charge in [0, 0.05) is 0 Å². The number of amides is 3. The molecule has 3 aliphatic heterocycles. The summed E-state index contributed by atoms with van der Waals surface area (Å²) < 4.78 is 11.3. The molecule has 3 aliphatic rings. The van der Waals surface area contributed by atoms with Crippen LogP contribution in [0.3, 0.4) is 0 Å². The number of nitrogens with zero attached hydrogens (tertiary/aromatic N) is 1. The average Bonchev–Trinajstić information content (AvgIpc) is 3.28. The maximum absolute atomic E-state index is 12.6. The van der Waals surface area contributed by atoms with E-state index in [2.05, 4.69) is 5.43 Å². The summed E-state index contributed by atoms with van der Waals surface area (Å²) in [5, 5.41) is 0.867. The number of hydrogen-bond donors (Lipinski definition) is 1. The van der Waals surface area contributed by atoms with Crippen LogP contribution in [-0.2, 0) is 19.1 Å². The minimum Gasteiger partial charge on any atom is -0.481 e. The molecular formula is C19H22N2O5. The maximum Gasteiger partial charge on any atom is 0.279 e. The lowest BCUT2D eigenvalue weighted by Crippen LogP contribution is -2.51. The largest absolute Gasteiger partial charge is 0.481 e. The molecule has 3 heterocycles. The van der Waals surface area contributed by atoms with Crippen molar-refractivity contribution in [1.29, 1.82) is 0 Å². The van der Waals surface area contributed by atoms with Crippen LogP contribution in [0.4, 0.5) is 0 Å². The van der Waals surface area contributed by atoms with Crippen molar-refractivity contribution >= 4 is 17.7 Å². The molecule has 1 aromatic carbocycles. The summed E-state index contributed by atoms with van der Waals surface area (Å²) in [6.45, 7) is 5.54. The van der Waals surface area contributed by atoms with Gasteiger partial charge in [-0.25, -0.2) is 0 Å². The van der Waals surface area contributed by atoms with Gasteiger partial charge in [-0.15, -0.1) is 0 Å². The Morgan fingerprint density at radius 2 is 1.77 bits per heavy atom. The Bertz CT molecular complexity index is 764. The van der Waals surface area contributed by atoms with Crippen LogP contribution in [0.2, 0.25) is 0 Å². The van der Waals surface area contributed by atoms with Crippen molar-refractivity contribution in [2.45, 2.75) is 51.9 Å². The number of ether oxygens (including phenoxy) is 2. The predicted molar refractivity (Wildman–Crippen MR) is 90.9 cm³/mol. The molecule has 7 nitrogen and oxygen atoms in total. The van der Waals surface area contributed by atoms with Gasteiger partial charge < -0.3 is 9.47 Å². The van der Waals surface area contributed by atoms with Crippen molar-refractivity contribution in [2.75, 3.05) is 0 Å². The van der Waals surface area contributed by atoms with Crippen LogP contribution >= 0.6 is 0 Å². The first-order valence-corrected chi connectivity index (χ1v) is 8.94. The number of fused-ring (bicyclic) bond motifs is 5. The topological polar surface area (TPSA) is 84.9 Å². The summed E-state index contributed by atoms with van der Waals surface area (Å²) in [5.41, 5.74) is 4.63. The Morgan fingerprint density at radius 1 is 1.15 bits per heavy atom. The number of hydrogen-bond acceptors (Lipinski definition) is 5. The van der Waals surface area contributed by atoms with E-state index >= 15 is 0 Å². The predicted octanol–water partition coefficient (Wildman–Crippen LogP) is 1.26. The smallest absolute Gasteiger partial charge is 0.279 e. The normalized spacial score (nSPS) is 30.5. The fourth-order valence-corrected chi connectivity index (χ4v) is 4.07. The van der Waals surface area contributed by atoms with E-state index < -0.39 is 23.8 Å². The van der Waals surface area contributed by atoms with Crippen LogP contribution in [0.25, 0.3) is 0 Å². The highest BCUT2D eigenvalue weighted by molar-refractivity contribution is 6.07. The number of hydrazine groups is 1. The molecule has 0 unspecified atom stereocenters. The quantitative estimate of drug-likeness (QED) is 0.819. The van der Waals surface area contributed by atoms with Crippen molar-refractivity contribution in [3.8, 4) is 5.75 Å². The molecule has 1 aromatic rings. The lowest BCUT2D eigenvalue weighted by molar-refractivity contribution is -0.153. The van der Waals surface area contributed by atoms with E-state index in [1.807, 2.05) is 26.0 Å². The molecule has 7 heteroatoms. The highest BCUT2D eigenvalue weighted by Crippen LogP contribution is 2.48. The zero-order valence-corrected chi connectivity index (χ0v) is 15.0. The van der Waals surface area contributed by atoms with Crippen LogP contribution in [0, 0.1) is 25.7 Å². The van der Waals surface area contributed by atoms with Crippen molar-refractivity contribution in [1.82, 2.24) is 10.4 Å². The Balaban J connectivity index is 1.42. The number of benzene rings is 1. The number of carbonyl (C=O) groups excluding carboxylic acids is 3. The van der Waals surface area contributed by atoms with E-state index in [0.717, 1.165) is 29.0 Å². The Hall–Kier alpha value is -2.41. The van der Waals surface area contributed by atoms with Gasteiger partial charge in [0.15, 0.2) is 6.10 Å². The van der Waals surface area contributed by atoms with Gasteiger partial charge >= 0.3 is 0 Å². The molecule has 2 bridgehead atoms. The Kier molecular flexibility index (Phi) is 3.99. The molecule has 3 saturated heterocycles. The number of nitrogens with one attached hydrogen (secondary N) is 1. The van der Waals surface area contributed by atoms with Gasteiger partial charge in [0.2, 0.25) is 0 Å². The van der Waals surface area contributed by atoms with Crippen LogP contribution in [-0.4, -0.2) is 41.0 Å². The molecule has 3 fully saturated rings. The molecule has 0 spiro atoms. The van der Waals surface area contributed by atoms with Gasteiger partial charge in [0.1, 0.15) is 5.75 Å². The van der Waals surface area contributed by atoms with Gasteiger partial charge in [-0.3, -0.25) is 19.8 Å². The maximum atomic E-state index is 12.6. The van der Waals surface area contributed by atoms with E-state index in [4.69, 9.17) is 9.47 Å². The average molecular weight is 358 g/mol. The zero-order valence-electron chi connectivity index (χ0n) is 15.0. The SMILES string of the molecule is Cc1ccc(O[C@H](C)C(=O)NN2C(=O)[C@H]3[C@H](C2=O)[C@H]2CC[C@H]3O2)cc1C. The Morgan fingerprint density at radius 3 is 2.35 bits per heavy atom. The van der Waals surface area contributed by atoms with Crippen LogP contribution in [0.5, 0.6) is 5.75 Å². The van der Waals surface area contributed by atoms with Gasteiger partial charge in [0.05, 0.1) is 24.0 Å². The van der Waals surface area contributed by atoms with Crippen LogP contribution in [0.1, 0.15) is 30.9 Å². The first-order valence-electron chi connectivity index (χ1n) is 8.94. The second-order valence-electron chi connectivity index (χ2n) is 7.34. The highest BCUT2D eigenvalue weighted by atomic mass is 16.5. The van der Waals surface area contributed by atoms with Crippen LogP contribution < -0.4 is 10.2 Å². The number of aryl methyl sites for hydroxylation is 2. The van der Waals surface area contributed by atoms with E-state index in [-0.39, 0.29) is 24.0 Å². The van der Waals surface area contributed by atoms with Crippen molar-refractivity contribution < 1.29 is 23.9 Å². The third-order valence-corrected chi connectivity index (χ3v) is 5.67. The molecule has 0 aromatic heterocycles. The monoisotopic (exact) mass is 358 g/mol. The summed E-state index contributed by atoms with van der Waals surface area (Å²) in [6, 6.07) is 5.56. The molecule has 26 heavy (non-hydrogen) atoms. The second kappa shape index (κ2) is 6.09. The number of imide groups is 1. The van der Waals surface area contributed by atoms with E-state index in [0.29, 0.717) is 5.75 Å². The van der Waals surface area contributed by atoms with Crippen molar-refractivity contribution in [3.63, 3.8) is 0 Å². The van der Waals surface area contributed by atoms with E-state index in [1.165, 1.54) is 0 Å². The highest BCUT2D eigenvalue weighted by Gasteiger charge is 2.63. The first-order chi connectivity index (χ1) is 12.4. The molecule has 0 saturated carbocycles. The molecule has 1 N–H and O–H groups in total. The Labute approximate surface area is 151 Å². The van der Waals surface area contributed by atoms with E-state index in [9.17, 15) is 14.4 Å². The summed E-state index contributed by atoms with van der Waals surface area (Å²) in [6.07, 6.45) is 0.337. The summed E-state index contributed by atoms with van der Waals surface area (Å²) in [7, 11) is 0. The molecular weight excluding hydrogens is 336 g/mol. The fraction of sp³-hybridized carbons (Fsp3) is 0.526. The zero-order chi connectivity index (χ0) is 18.6. The molecule has 138 valence electrons. The molecule has 0 radical (unpaired) electrons. The van der Waals surface area contributed by atoms with Crippen LogP contribution in [0.15, 0.2) is 18.2 Å². The van der Waals surface area contributed by atoms with Gasteiger partial charge in [-0.2, -0.15) is 5.01 Å². The molecule has 3 amide bonds. The summed E-state index contributed by atoms with van der Waals surface area (Å²) in [4.78, 5) is 37.5. The third kappa shape index (κ3) is 2.58. The lowest BCUT2D eigenvalue weighted by Gasteiger charge is -2.21. The van der Waals surface area contributed by atoms with Gasteiger partial charge in [-0.1, -0.05) is 6.07 Å². The fourth-order valence-electron chi connectivity index (χ4n) is 4.07. The number of carbonyl (C=O) groups is 3. The minimum atomic E-state index is -0.842. The lowest BCUT2D eigenvalue weighted by atomic mass is 9.81. The first kappa shape index (κ1) is 17.0. The third-order valence-electron chi connectivity index (χ3n) is 5.67. The summed E-state index contributed by atoms with van der Waals surface area (Å²) in [5.74, 6) is -1.63. The standard InChI is InChI=1S/C19H22N2O5/c1-9-4-5-12(8-10(9)2)25-11(3)17(22)20-21-18(23)15-13-6-7-14(26-13)16(15)19(21)24/h4-5,8,11,13-16H,6-7H2,1-3H3,(H,20,22)/t11-,13-,14-,15-,16-/m1/s1. The molecule has 4 rings (SSSR count).